The molecule has 5 nitrogen and oxygen atoms in total. The minimum absolute atomic E-state index is 0.0138. The van der Waals surface area contributed by atoms with E-state index in [1.165, 1.54) is 18.7 Å². The van der Waals surface area contributed by atoms with Gasteiger partial charge in [-0.2, -0.15) is 0 Å². The highest BCUT2D eigenvalue weighted by atomic mass is 16.2. The number of benzene rings is 1. The Labute approximate surface area is 119 Å². The van der Waals surface area contributed by atoms with E-state index in [2.05, 4.69) is 5.32 Å². The number of Topliss-reactive ketones (excluding diaryl/α,β-unsaturated/α-hetero) is 1. The molecular weight excluding hydrogens is 256 g/mol. The molecule has 0 heterocycles. The molecule has 1 aromatic rings. The Bertz CT molecular complexity index is 524. The molecule has 0 saturated heterocycles. The first-order valence-corrected chi connectivity index (χ1v) is 6.49. The first-order chi connectivity index (χ1) is 9.31. The molecule has 0 aliphatic rings. The second kappa shape index (κ2) is 6.84. The van der Waals surface area contributed by atoms with Gasteiger partial charge in [-0.3, -0.25) is 14.4 Å². The van der Waals surface area contributed by atoms with Crippen LogP contribution in [0.25, 0.3) is 0 Å². The summed E-state index contributed by atoms with van der Waals surface area (Å²) in [6.45, 7) is 6.50. The van der Waals surface area contributed by atoms with E-state index in [0.29, 0.717) is 11.3 Å². The molecule has 1 N–H and O–H groups in total. The van der Waals surface area contributed by atoms with Gasteiger partial charge in [0.15, 0.2) is 5.78 Å². The number of nitrogens with zero attached hydrogens (tertiary/aromatic N) is 1. The van der Waals surface area contributed by atoms with Crippen LogP contribution in [0.4, 0.5) is 5.69 Å². The summed E-state index contributed by atoms with van der Waals surface area (Å²) in [4.78, 5) is 36.2. The SMILES string of the molecule is CC(=O)c1cccc(N(CC(=O)NC(C)C)C(C)=O)c1. The van der Waals surface area contributed by atoms with Crippen LogP contribution in [0.1, 0.15) is 38.1 Å². The fraction of sp³-hybridized carbons (Fsp3) is 0.400. The molecule has 0 atom stereocenters. The van der Waals surface area contributed by atoms with Gasteiger partial charge in [-0.25, -0.2) is 0 Å². The van der Waals surface area contributed by atoms with Crippen molar-refractivity contribution in [1.29, 1.82) is 0 Å². The van der Waals surface area contributed by atoms with Crippen LogP contribution in [0.15, 0.2) is 24.3 Å². The number of ketones is 1. The molecule has 5 heteroatoms. The lowest BCUT2D eigenvalue weighted by Crippen LogP contribution is -2.42. The van der Waals surface area contributed by atoms with E-state index >= 15 is 0 Å². The zero-order chi connectivity index (χ0) is 15.3. The summed E-state index contributed by atoms with van der Waals surface area (Å²) in [5, 5.41) is 2.74. The maximum absolute atomic E-state index is 11.8. The van der Waals surface area contributed by atoms with Gasteiger partial charge in [0.25, 0.3) is 0 Å². The fourth-order valence-corrected chi connectivity index (χ4v) is 1.79. The predicted molar refractivity (Wildman–Crippen MR) is 77.8 cm³/mol. The number of anilines is 1. The molecule has 1 rings (SSSR count). The van der Waals surface area contributed by atoms with Crippen LogP contribution in [0, 0.1) is 0 Å². The fourth-order valence-electron chi connectivity index (χ4n) is 1.79. The molecule has 0 unspecified atom stereocenters. The topological polar surface area (TPSA) is 66.5 Å². The molecule has 0 radical (unpaired) electrons. The number of carbonyl (C=O) groups is 3. The largest absolute Gasteiger partial charge is 0.352 e. The minimum atomic E-state index is -0.246. The molecule has 0 fully saturated rings. The smallest absolute Gasteiger partial charge is 0.240 e. The number of hydrogen-bond donors (Lipinski definition) is 1. The van der Waals surface area contributed by atoms with Crippen molar-refractivity contribution < 1.29 is 14.4 Å². The molecule has 0 saturated carbocycles. The quantitative estimate of drug-likeness (QED) is 0.833. The lowest BCUT2D eigenvalue weighted by atomic mass is 10.1. The van der Waals surface area contributed by atoms with Crippen LogP contribution in [-0.2, 0) is 9.59 Å². The van der Waals surface area contributed by atoms with E-state index in [9.17, 15) is 14.4 Å². The summed E-state index contributed by atoms with van der Waals surface area (Å²) in [6, 6.07) is 6.71. The summed E-state index contributed by atoms with van der Waals surface area (Å²) >= 11 is 0. The van der Waals surface area contributed by atoms with Crippen molar-refractivity contribution in [1.82, 2.24) is 5.32 Å². The third-order valence-corrected chi connectivity index (χ3v) is 2.70. The van der Waals surface area contributed by atoms with E-state index in [4.69, 9.17) is 0 Å². The van der Waals surface area contributed by atoms with Crippen LogP contribution in [-0.4, -0.2) is 30.2 Å². The lowest BCUT2D eigenvalue weighted by Gasteiger charge is -2.21. The highest BCUT2D eigenvalue weighted by Crippen LogP contribution is 2.16. The Balaban J connectivity index is 2.97. The van der Waals surface area contributed by atoms with Gasteiger partial charge in [0.05, 0.1) is 0 Å². The molecule has 0 spiro atoms. The van der Waals surface area contributed by atoms with Gasteiger partial charge in [0.1, 0.15) is 6.54 Å². The number of carbonyl (C=O) groups excluding carboxylic acids is 3. The second-order valence-corrected chi connectivity index (χ2v) is 4.93. The van der Waals surface area contributed by atoms with E-state index in [1.807, 2.05) is 13.8 Å². The van der Waals surface area contributed by atoms with Gasteiger partial charge in [-0.05, 0) is 32.9 Å². The Morgan fingerprint density at radius 1 is 1.20 bits per heavy atom. The Hall–Kier alpha value is -2.17. The van der Waals surface area contributed by atoms with Gasteiger partial charge in [-0.15, -0.1) is 0 Å². The summed E-state index contributed by atoms with van der Waals surface area (Å²) < 4.78 is 0. The number of rotatable bonds is 5. The first-order valence-electron chi connectivity index (χ1n) is 6.49. The van der Waals surface area contributed by atoms with Crippen molar-refractivity contribution in [3.63, 3.8) is 0 Å². The Kier molecular flexibility index (Phi) is 5.43. The van der Waals surface area contributed by atoms with Crippen molar-refractivity contribution in [3.8, 4) is 0 Å². The van der Waals surface area contributed by atoms with Gasteiger partial charge in [-0.1, -0.05) is 12.1 Å². The molecule has 2 amide bonds. The molecule has 0 aliphatic carbocycles. The van der Waals surface area contributed by atoms with Gasteiger partial charge in [0.2, 0.25) is 11.8 Å². The number of nitrogens with one attached hydrogen (secondary N) is 1. The zero-order valence-electron chi connectivity index (χ0n) is 12.3. The Morgan fingerprint density at radius 2 is 1.85 bits per heavy atom. The number of amides is 2. The maximum Gasteiger partial charge on any atom is 0.240 e. The van der Waals surface area contributed by atoms with Crippen molar-refractivity contribution in [2.75, 3.05) is 11.4 Å². The average molecular weight is 276 g/mol. The molecule has 108 valence electrons. The average Bonchev–Trinajstić information content (AvgIpc) is 2.34. The Morgan fingerprint density at radius 3 is 2.35 bits per heavy atom. The van der Waals surface area contributed by atoms with Crippen molar-refractivity contribution in [3.05, 3.63) is 29.8 Å². The molecule has 0 bridgehead atoms. The van der Waals surface area contributed by atoms with E-state index in [1.54, 1.807) is 24.3 Å². The van der Waals surface area contributed by atoms with Crippen molar-refractivity contribution >= 4 is 23.3 Å². The van der Waals surface area contributed by atoms with Crippen LogP contribution < -0.4 is 10.2 Å². The maximum atomic E-state index is 11.8. The standard InChI is InChI=1S/C15H20N2O3/c1-10(2)16-15(20)9-17(12(4)19)14-7-5-6-13(8-14)11(3)18/h5-8,10H,9H2,1-4H3,(H,16,20). The lowest BCUT2D eigenvalue weighted by molar-refractivity contribution is -0.123. The molecule has 0 aliphatic heterocycles. The normalized spacial score (nSPS) is 10.2. The van der Waals surface area contributed by atoms with Crippen LogP contribution in [0.5, 0.6) is 0 Å². The molecular formula is C15H20N2O3. The summed E-state index contributed by atoms with van der Waals surface area (Å²) in [5.74, 6) is -0.560. The minimum Gasteiger partial charge on any atom is -0.352 e. The van der Waals surface area contributed by atoms with Crippen molar-refractivity contribution in [2.45, 2.75) is 33.7 Å². The monoisotopic (exact) mass is 276 g/mol. The van der Waals surface area contributed by atoms with Crippen LogP contribution in [0.2, 0.25) is 0 Å². The van der Waals surface area contributed by atoms with Gasteiger partial charge >= 0.3 is 0 Å². The third kappa shape index (κ3) is 4.50. The van der Waals surface area contributed by atoms with E-state index in [-0.39, 0.29) is 30.2 Å². The van der Waals surface area contributed by atoms with E-state index < -0.39 is 0 Å². The first kappa shape index (κ1) is 15.9. The second-order valence-electron chi connectivity index (χ2n) is 4.93. The molecule has 1 aromatic carbocycles. The van der Waals surface area contributed by atoms with Crippen molar-refractivity contribution in [2.24, 2.45) is 0 Å². The van der Waals surface area contributed by atoms with E-state index in [0.717, 1.165) is 0 Å². The summed E-state index contributed by atoms with van der Waals surface area (Å²) in [7, 11) is 0. The zero-order valence-corrected chi connectivity index (χ0v) is 12.3. The highest BCUT2D eigenvalue weighted by Gasteiger charge is 2.17. The van der Waals surface area contributed by atoms with Gasteiger partial charge < -0.3 is 10.2 Å². The predicted octanol–water partition coefficient (Wildman–Crippen LogP) is 1.77. The number of hydrogen-bond acceptors (Lipinski definition) is 3. The highest BCUT2D eigenvalue weighted by molar-refractivity contribution is 6.00. The summed E-state index contributed by atoms with van der Waals surface area (Å²) in [5.41, 5.74) is 1.06. The van der Waals surface area contributed by atoms with Gasteiger partial charge in [0, 0.05) is 24.2 Å². The molecule has 0 aromatic heterocycles. The third-order valence-electron chi connectivity index (χ3n) is 2.70. The summed E-state index contributed by atoms with van der Waals surface area (Å²) in [6.07, 6.45) is 0. The molecule has 20 heavy (non-hydrogen) atoms. The van der Waals surface area contributed by atoms with Crippen LogP contribution in [0.3, 0.4) is 0 Å². The van der Waals surface area contributed by atoms with Crippen LogP contribution >= 0.6 is 0 Å².